The maximum Gasteiger partial charge on any atom is 0.360 e. The third kappa shape index (κ3) is 19.6. The normalized spacial score (nSPS) is 13.4. The molecular weight excluding hydrogens is 478 g/mol. The molecule has 0 aliphatic carbocycles. The number of carboxylic acids is 5. The zero-order valence-electron chi connectivity index (χ0n) is 15.9. The van der Waals surface area contributed by atoms with E-state index in [0.717, 1.165) is 0 Å². The van der Waals surface area contributed by atoms with Gasteiger partial charge in [0.05, 0.1) is 15.7 Å². The number of hydrogen-bond acceptors (Lipinski definition) is 12. The van der Waals surface area contributed by atoms with E-state index < -0.39 is 62.6 Å². The number of carbonyl (C=O) groups excluding carboxylic acids is 1. The molecule has 0 bridgehead atoms. The summed E-state index contributed by atoms with van der Waals surface area (Å²) >= 11 is 0. The molecule has 21 heteroatoms. The van der Waals surface area contributed by atoms with Crippen molar-refractivity contribution in [1.29, 1.82) is 0 Å². The summed E-state index contributed by atoms with van der Waals surface area (Å²) in [6.45, 7) is -0.0151. The van der Waals surface area contributed by atoms with Crippen LogP contribution < -0.4 is 27.4 Å². The van der Waals surface area contributed by atoms with E-state index in [-0.39, 0.29) is 20.9 Å². The largest absolute Gasteiger partial charge is 0.480 e. The minimum absolute atomic E-state index is 0.0151. The summed E-state index contributed by atoms with van der Waals surface area (Å²) < 4.78 is 3.80. The maximum absolute atomic E-state index is 10.5. The topological polar surface area (TPSA) is 315 Å². The molecule has 0 rings (SSSR count). The Morgan fingerprint density at radius 2 is 1.22 bits per heavy atom. The smallest absolute Gasteiger partial charge is 0.360 e. The summed E-state index contributed by atoms with van der Waals surface area (Å²) in [5, 5.41) is 46.1. The van der Waals surface area contributed by atoms with Crippen molar-refractivity contribution in [3.63, 3.8) is 0 Å². The molecule has 0 aromatic rings. The summed E-state index contributed by atoms with van der Waals surface area (Å²) in [5.74, 6) is -8.03. The Hall–Kier alpha value is -2.39. The lowest BCUT2D eigenvalue weighted by Gasteiger charge is -2.19. The standard InChI is InChI=1S/C7H10BN2O8P.C3H5NO4.CH6BN2P/c8-7(9-1(3(11)12)4(13)14)19-10-2(5(15)16)6(17)18;4-2(3(6)7)8-1-5;2-1(3)5-4/h1-2,7,9-10,19H,(H,11,12)(H,13,14)(H,15,16)(H,17,18);1-2H,4H2,(H,6,7);1,5H,3-4H2. The van der Waals surface area contributed by atoms with Crippen molar-refractivity contribution < 1.29 is 59.0 Å². The maximum atomic E-state index is 10.5. The van der Waals surface area contributed by atoms with Crippen LogP contribution in [0.1, 0.15) is 0 Å². The Kier molecular flexibility index (Phi) is 20.7. The molecular formula is C11H21B2N5O12P2. The lowest BCUT2D eigenvalue weighted by atomic mass is 10.1. The highest BCUT2D eigenvalue weighted by Crippen LogP contribution is 2.11. The molecule has 0 aromatic heterocycles. The van der Waals surface area contributed by atoms with Gasteiger partial charge in [0.25, 0.3) is 6.47 Å². The third-order valence-electron chi connectivity index (χ3n) is 2.36. The fourth-order valence-corrected chi connectivity index (χ4v) is 1.83. The lowest BCUT2D eigenvalue weighted by molar-refractivity contribution is -0.155. The molecule has 0 heterocycles. The second kappa shape index (κ2) is 19.3. The van der Waals surface area contributed by atoms with E-state index in [1.807, 2.05) is 5.32 Å². The van der Waals surface area contributed by atoms with Crippen LogP contribution >= 0.6 is 17.5 Å². The Morgan fingerprint density at radius 3 is 1.44 bits per heavy atom. The van der Waals surface area contributed by atoms with Crippen LogP contribution in [-0.4, -0.2) is 107 Å². The number of carbonyl (C=O) groups is 6. The van der Waals surface area contributed by atoms with Crippen LogP contribution in [0, 0.1) is 0 Å². The zero-order valence-corrected chi connectivity index (χ0v) is 17.9. The first-order chi connectivity index (χ1) is 14.6. The molecule has 13 N–H and O–H groups in total. The first-order valence-corrected chi connectivity index (χ1v) is 9.84. The van der Waals surface area contributed by atoms with E-state index in [1.165, 1.54) is 0 Å². The number of hydrogen-bond donors (Lipinski definition) is 10. The summed E-state index contributed by atoms with van der Waals surface area (Å²) in [6, 6.07) is -3.89. The van der Waals surface area contributed by atoms with Crippen molar-refractivity contribution in [2.24, 2.45) is 17.0 Å². The van der Waals surface area contributed by atoms with Gasteiger partial charge in [-0.2, -0.15) is 0 Å². The molecule has 0 aromatic carbocycles. The van der Waals surface area contributed by atoms with Gasteiger partial charge >= 0.3 is 29.8 Å². The average molecular weight is 499 g/mol. The first kappa shape index (κ1) is 34.2. The minimum Gasteiger partial charge on any atom is -0.480 e. The summed E-state index contributed by atoms with van der Waals surface area (Å²) in [7, 11) is 9.73. The molecule has 5 unspecified atom stereocenters. The Morgan fingerprint density at radius 1 is 0.844 bits per heavy atom. The third-order valence-corrected chi connectivity index (χ3v) is 3.67. The van der Waals surface area contributed by atoms with Crippen LogP contribution in [0.2, 0.25) is 0 Å². The van der Waals surface area contributed by atoms with Crippen molar-refractivity contribution in [2.75, 3.05) is 0 Å². The highest BCUT2D eigenvalue weighted by molar-refractivity contribution is 7.38. The lowest BCUT2D eigenvalue weighted by Crippen LogP contribution is -2.49. The van der Waals surface area contributed by atoms with Gasteiger partial charge in [0, 0.05) is 0 Å². The minimum atomic E-state index is -1.97. The van der Waals surface area contributed by atoms with Crippen molar-refractivity contribution >= 4 is 69.5 Å². The van der Waals surface area contributed by atoms with Crippen molar-refractivity contribution in [1.82, 2.24) is 10.4 Å². The van der Waals surface area contributed by atoms with Gasteiger partial charge in [0.1, 0.15) is 0 Å². The molecule has 178 valence electrons. The summed E-state index contributed by atoms with van der Waals surface area (Å²) in [4.78, 5) is 61.1. The Labute approximate surface area is 186 Å². The van der Waals surface area contributed by atoms with E-state index in [1.54, 1.807) is 0 Å². The van der Waals surface area contributed by atoms with E-state index in [2.05, 4.69) is 15.6 Å². The fraction of sp³-hybridized carbons (Fsp3) is 0.455. The molecule has 0 aliphatic rings. The predicted octanol–water partition coefficient (Wildman–Crippen LogP) is -5.23. The highest BCUT2D eigenvalue weighted by Gasteiger charge is 2.29. The van der Waals surface area contributed by atoms with Crippen molar-refractivity contribution in [3.8, 4) is 0 Å². The van der Waals surface area contributed by atoms with Gasteiger partial charge in [-0.15, -0.1) is 0 Å². The molecule has 0 saturated heterocycles. The molecule has 0 aliphatic heterocycles. The quantitative estimate of drug-likeness (QED) is 0.0372. The first-order valence-electron chi connectivity index (χ1n) is 7.60. The Balaban J connectivity index is -0.000000529. The molecule has 0 amide bonds. The Bertz CT molecular complexity index is 618. The van der Waals surface area contributed by atoms with Crippen LogP contribution in [0.25, 0.3) is 0 Å². The van der Waals surface area contributed by atoms with Crippen molar-refractivity contribution in [3.05, 3.63) is 0 Å². The summed E-state index contributed by atoms with van der Waals surface area (Å²) in [6.07, 6.45) is -1.53. The van der Waals surface area contributed by atoms with Gasteiger partial charge in [0.2, 0.25) is 18.3 Å². The molecule has 17 nitrogen and oxygen atoms in total. The van der Waals surface area contributed by atoms with Gasteiger partial charge in [-0.1, -0.05) is 0 Å². The van der Waals surface area contributed by atoms with Crippen LogP contribution in [-0.2, 0) is 33.5 Å². The number of carboxylic acid groups (broad SMARTS) is 5. The SMILES string of the molecule is NC(OC=O)C(=O)O.[B]C(N)PN.[B]C(NC(C(=O)O)C(=O)O)PNC(C(=O)O)C(=O)O. The number of nitrogens with one attached hydrogen (secondary N) is 2. The van der Waals surface area contributed by atoms with Crippen molar-refractivity contribution in [2.45, 2.75) is 29.7 Å². The van der Waals surface area contributed by atoms with Gasteiger partial charge in [-0.05, 0) is 28.8 Å². The zero-order chi connectivity index (χ0) is 26.0. The number of rotatable bonds is 13. The number of aliphatic carboxylic acids is 5. The van der Waals surface area contributed by atoms with Gasteiger partial charge < -0.3 is 41.5 Å². The van der Waals surface area contributed by atoms with E-state index in [9.17, 15) is 28.8 Å². The molecule has 0 saturated carbocycles. The second-order valence-corrected chi connectivity index (χ2v) is 7.03. The van der Waals surface area contributed by atoms with Gasteiger partial charge in [0.15, 0.2) is 0 Å². The monoisotopic (exact) mass is 499 g/mol. The molecule has 5 atom stereocenters. The van der Waals surface area contributed by atoms with Crippen LogP contribution in [0.5, 0.6) is 0 Å². The molecule has 0 spiro atoms. The summed E-state index contributed by atoms with van der Waals surface area (Å²) in [5.41, 5.74) is 13.0. The van der Waals surface area contributed by atoms with Gasteiger partial charge in [-0.3, -0.25) is 20.9 Å². The van der Waals surface area contributed by atoms with Crippen LogP contribution in [0.15, 0.2) is 0 Å². The van der Waals surface area contributed by atoms with E-state index in [4.69, 9.17) is 52.5 Å². The molecule has 0 fully saturated rings. The van der Waals surface area contributed by atoms with Gasteiger partial charge in [-0.25, -0.2) is 24.0 Å². The average Bonchev–Trinajstić information content (AvgIpc) is 2.66. The number of ether oxygens (including phenoxy) is 1. The van der Waals surface area contributed by atoms with E-state index in [0.29, 0.717) is 0 Å². The highest BCUT2D eigenvalue weighted by atomic mass is 31.1. The molecule has 32 heavy (non-hydrogen) atoms. The molecule has 4 radical (unpaired) electrons. The van der Waals surface area contributed by atoms with Crippen LogP contribution in [0.3, 0.4) is 0 Å². The number of nitrogens with two attached hydrogens (primary N) is 3. The predicted molar refractivity (Wildman–Crippen MR) is 111 cm³/mol. The van der Waals surface area contributed by atoms with Crippen LogP contribution in [0.4, 0.5) is 0 Å². The fourth-order valence-electron chi connectivity index (χ4n) is 0.990. The van der Waals surface area contributed by atoms with E-state index >= 15 is 0 Å². The second-order valence-electron chi connectivity index (χ2n) is 4.84.